The third kappa shape index (κ3) is 5.18. The Morgan fingerprint density at radius 2 is 1.33 bits per heavy atom. The summed E-state index contributed by atoms with van der Waals surface area (Å²) in [4.78, 5) is 4.79. The Bertz CT molecular complexity index is 3030. The molecule has 3 heterocycles. The average Bonchev–Trinajstić information content (AvgIpc) is 3.85. The van der Waals surface area contributed by atoms with E-state index in [1.807, 2.05) is 30.5 Å². The molecule has 0 fully saturated rings. The van der Waals surface area contributed by atoms with Gasteiger partial charge in [-0.1, -0.05) is 104 Å². The van der Waals surface area contributed by atoms with Crippen LogP contribution in [0.3, 0.4) is 0 Å². The van der Waals surface area contributed by atoms with Crippen molar-refractivity contribution >= 4 is 56.1 Å². The summed E-state index contributed by atoms with van der Waals surface area (Å²) in [5.74, 6) is 0. The number of pyridine rings is 1. The number of para-hydroxylation sites is 2. The molecule has 0 amide bonds. The minimum Gasteiger partial charge on any atom is -0.398 e. The van der Waals surface area contributed by atoms with Crippen molar-refractivity contribution in [3.05, 3.63) is 199 Å². The lowest BCUT2D eigenvalue weighted by Crippen LogP contribution is -1.96. The molecule has 0 unspecified atom stereocenters. The first-order chi connectivity index (χ1) is 27.1. The summed E-state index contributed by atoms with van der Waals surface area (Å²) in [6.45, 7) is 6.29. The molecule has 0 aliphatic heterocycles. The highest BCUT2D eigenvalue weighted by Crippen LogP contribution is 2.46. The van der Waals surface area contributed by atoms with E-state index >= 15 is 0 Å². The molecule has 0 radical (unpaired) electrons. The van der Waals surface area contributed by atoms with Gasteiger partial charge in [-0.3, -0.25) is 4.98 Å². The lowest BCUT2D eigenvalue weighted by molar-refractivity contribution is 1.11. The minimum atomic E-state index is 0.751. The summed E-state index contributed by atoms with van der Waals surface area (Å²) < 4.78 is 4.70. The molecule has 2 N–H and O–H groups in total. The standard InChI is InChI=1S/C51H38N4/c1-3-13-38-43-31-34(23-27-47(43)54(46(38)4-2)36-14-7-5-8-15-36)35-24-28-48-44(32-35)39-25-21-33(30-49(39)55(48)37-16-9-6-10-17-37)22-26-42-50-40(18-11-20-45(50)52)41-19-12-29-53-51(41)42/h3-21,23-32H,2,22,52H2,1H3/b13-3-,42-26+. The molecular formula is C51H38N4. The molecule has 0 bridgehead atoms. The number of aromatic nitrogens is 3. The summed E-state index contributed by atoms with van der Waals surface area (Å²) in [7, 11) is 0. The van der Waals surface area contributed by atoms with Crippen molar-refractivity contribution in [2.75, 3.05) is 5.73 Å². The number of fused-ring (bicyclic) bond motifs is 7. The topological polar surface area (TPSA) is 48.8 Å². The Labute approximate surface area is 320 Å². The first kappa shape index (κ1) is 32.5. The van der Waals surface area contributed by atoms with E-state index in [4.69, 9.17) is 10.7 Å². The number of allylic oxidation sites excluding steroid dienone is 2. The first-order valence-electron chi connectivity index (χ1n) is 18.8. The van der Waals surface area contributed by atoms with Gasteiger partial charge in [-0.2, -0.15) is 0 Å². The predicted molar refractivity (Wildman–Crippen MR) is 233 cm³/mol. The molecule has 1 aliphatic rings. The van der Waals surface area contributed by atoms with Crippen LogP contribution < -0.4 is 5.73 Å². The molecule has 0 spiro atoms. The zero-order valence-electron chi connectivity index (χ0n) is 30.6. The molecule has 0 atom stereocenters. The van der Waals surface area contributed by atoms with Gasteiger partial charge in [0.25, 0.3) is 0 Å². The van der Waals surface area contributed by atoms with E-state index in [1.54, 1.807) is 0 Å². The number of rotatable bonds is 7. The SMILES string of the molecule is C=Cc1c(/C=C\C)c2cc(-c3ccc4c(c3)c3ccc(C/C=C5/c6ncccc6-c6cccc(N)c65)cc3n4-c3ccccc3)ccc2n1-c1ccccc1. The van der Waals surface area contributed by atoms with Crippen molar-refractivity contribution in [3.8, 4) is 33.6 Å². The van der Waals surface area contributed by atoms with Gasteiger partial charge in [-0.25, -0.2) is 0 Å². The Kier molecular flexibility index (Phi) is 7.70. The van der Waals surface area contributed by atoms with Crippen LogP contribution in [0.5, 0.6) is 0 Å². The van der Waals surface area contributed by atoms with Crippen molar-refractivity contribution in [2.24, 2.45) is 0 Å². The highest BCUT2D eigenvalue weighted by atomic mass is 15.0. The van der Waals surface area contributed by atoms with Gasteiger partial charge in [0.1, 0.15) is 0 Å². The Morgan fingerprint density at radius 1 is 0.636 bits per heavy atom. The number of anilines is 1. The van der Waals surface area contributed by atoms with Crippen LogP contribution in [0.4, 0.5) is 5.69 Å². The van der Waals surface area contributed by atoms with Crippen LogP contribution in [0.25, 0.3) is 84.1 Å². The molecule has 4 heteroatoms. The molecular weight excluding hydrogens is 669 g/mol. The number of nitrogens with zero attached hydrogens (tertiary/aromatic N) is 3. The van der Waals surface area contributed by atoms with Crippen molar-refractivity contribution in [1.82, 2.24) is 14.1 Å². The predicted octanol–water partition coefficient (Wildman–Crippen LogP) is 12.7. The van der Waals surface area contributed by atoms with E-state index in [0.717, 1.165) is 62.7 Å². The summed E-state index contributed by atoms with van der Waals surface area (Å²) in [5, 5.41) is 3.64. The fraction of sp³-hybridized carbons (Fsp3) is 0.0392. The van der Waals surface area contributed by atoms with Crippen LogP contribution in [-0.4, -0.2) is 14.1 Å². The maximum atomic E-state index is 6.57. The van der Waals surface area contributed by atoms with Crippen LogP contribution in [0.1, 0.15) is 35.0 Å². The third-order valence-electron chi connectivity index (χ3n) is 11.0. The van der Waals surface area contributed by atoms with E-state index in [-0.39, 0.29) is 0 Å². The minimum absolute atomic E-state index is 0.751. The van der Waals surface area contributed by atoms with E-state index < -0.39 is 0 Å². The zero-order chi connectivity index (χ0) is 37.0. The van der Waals surface area contributed by atoms with E-state index in [1.165, 1.54) is 49.4 Å². The number of nitrogen functional groups attached to an aromatic ring is 1. The molecule has 0 saturated heterocycles. The molecule has 6 aromatic carbocycles. The smallest absolute Gasteiger partial charge is 0.0784 e. The van der Waals surface area contributed by atoms with Crippen molar-refractivity contribution in [2.45, 2.75) is 13.3 Å². The second-order valence-electron chi connectivity index (χ2n) is 14.2. The summed E-state index contributed by atoms with van der Waals surface area (Å²) in [6, 6.07) is 52.1. The maximum absolute atomic E-state index is 6.57. The molecule has 3 aromatic heterocycles. The molecule has 55 heavy (non-hydrogen) atoms. The summed E-state index contributed by atoms with van der Waals surface area (Å²) in [6.07, 6.45) is 11.2. The average molecular weight is 707 g/mol. The zero-order valence-corrected chi connectivity index (χ0v) is 30.6. The largest absolute Gasteiger partial charge is 0.398 e. The van der Waals surface area contributed by atoms with Gasteiger partial charge in [-0.05, 0) is 108 Å². The number of nitrogens with two attached hydrogens (primary N) is 1. The van der Waals surface area contributed by atoms with Crippen LogP contribution >= 0.6 is 0 Å². The molecule has 4 nitrogen and oxygen atoms in total. The summed E-state index contributed by atoms with van der Waals surface area (Å²) in [5.41, 5.74) is 24.4. The van der Waals surface area contributed by atoms with E-state index in [9.17, 15) is 0 Å². The number of hydrogen-bond acceptors (Lipinski definition) is 2. The Morgan fingerprint density at radius 3 is 2.05 bits per heavy atom. The highest BCUT2D eigenvalue weighted by molar-refractivity contribution is 6.11. The van der Waals surface area contributed by atoms with Gasteiger partial charge in [0, 0.05) is 61.7 Å². The van der Waals surface area contributed by atoms with Gasteiger partial charge in [0.05, 0.1) is 27.9 Å². The fourth-order valence-electron chi connectivity index (χ4n) is 8.61. The second-order valence-corrected chi connectivity index (χ2v) is 14.2. The van der Waals surface area contributed by atoms with Gasteiger partial charge < -0.3 is 14.9 Å². The van der Waals surface area contributed by atoms with Gasteiger partial charge in [0.15, 0.2) is 0 Å². The molecule has 9 aromatic rings. The maximum Gasteiger partial charge on any atom is 0.0784 e. The monoisotopic (exact) mass is 706 g/mol. The second kappa shape index (κ2) is 13.0. The molecule has 262 valence electrons. The fourth-order valence-corrected chi connectivity index (χ4v) is 8.61. The van der Waals surface area contributed by atoms with Crippen LogP contribution in [0.2, 0.25) is 0 Å². The van der Waals surface area contributed by atoms with Crippen molar-refractivity contribution < 1.29 is 0 Å². The first-order valence-corrected chi connectivity index (χ1v) is 18.8. The Hall–Kier alpha value is -7.17. The Balaban J connectivity index is 1.11. The number of hydrogen-bond donors (Lipinski definition) is 1. The van der Waals surface area contributed by atoms with Crippen LogP contribution in [-0.2, 0) is 6.42 Å². The van der Waals surface area contributed by atoms with Gasteiger partial charge in [-0.15, -0.1) is 0 Å². The number of benzene rings is 6. The van der Waals surface area contributed by atoms with E-state index in [0.29, 0.717) is 0 Å². The lowest BCUT2D eigenvalue weighted by Gasteiger charge is -2.10. The van der Waals surface area contributed by atoms with Crippen LogP contribution in [0.15, 0.2) is 171 Å². The third-order valence-corrected chi connectivity index (χ3v) is 11.0. The van der Waals surface area contributed by atoms with Gasteiger partial charge in [0.2, 0.25) is 0 Å². The normalized spacial score (nSPS) is 13.0. The van der Waals surface area contributed by atoms with Gasteiger partial charge >= 0.3 is 0 Å². The van der Waals surface area contributed by atoms with Crippen LogP contribution in [0, 0.1) is 0 Å². The van der Waals surface area contributed by atoms with Crippen molar-refractivity contribution in [1.29, 1.82) is 0 Å². The van der Waals surface area contributed by atoms with Crippen molar-refractivity contribution in [3.63, 3.8) is 0 Å². The lowest BCUT2D eigenvalue weighted by atomic mass is 9.99. The highest BCUT2D eigenvalue weighted by Gasteiger charge is 2.26. The quantitative estimate of drug-likeness (QED) is 0.168. The molecule has 1 aliphatic carbocycles. The molecule has 0 saturated carbocycles. The van der Waals surface area contributed by atoms with E-state index in [2.05, 4.69) is 168 Å². The summed E-state index contributed by atoms with van der Waals surface area (Å²) >= 11 is 0. The molecule has 10 rings (SSSR count).